The summed E-state index contributed by atoms with van der Waals surface area (Å²) < 4.78 is 5.22. The van der Waals surface area contributed by atoms with E-state index in [-0.39, 0.29) is 5.78 Å². The molecule has 1 N–H and O–H groups in total. The van der Waals surface area contributed by atoms with Crippen LogP contribution < -0.4 is 0 Å². The summed E-state index contributed by atoms with van der Waals surface area (Å²) in [5, 5.41) is 0. The maximum absolute atomic E-state index is 11.7. The topological polar surface area (TPSA) is 55.0 Å². The minimum absolute atomic E-state index is 0.138. The first-order chi connectivity index (χ1) is 10.8. The van der Waals surface area contributed by atoms with Crippen LogP contribution in [0.4, 0.5) is 0 Å². The molecule has 0 aliphatic carbocycles. The average molecular weight is 298 g/mol. The van der Waals surface area contributed by atoms with Gasteiger partial charge in [0, 0.05) is 38.4 Å². The lowest BCUT2D eigenvalue weighted by atomic mass is 10.1. The minimum atomic E-state index is 0.138. The molecule has 0 spiro atoms. The summed E-state index contributed by atoms with van der Waals surface area (Å²) in [5.41, 5.74) is 2.22. The SMILES string of the molecule is CCOCCCC(=O)C=Cc1ccc(Cc2ncc[nH]2)cc1. The Morgan fingerprint density at radius 1 is 1.32 bits per heavy atom. The fourth-order valence-corrected chi connectivity index (χ4v) is 2.10. The lowest BCUT2D eigenvalue weighted by Gasteiger charge is -2.00. The van der Waals surface area contributed by atoms with Gasteiger partial charge in [-0.3, -0.25) is 4.79 Å². The normalized spacial score (nSPS) is 11.1. The molecule has 1 heterocycles. The molecule has 0 radical (unpaired) electrons. The molecule has 0 aliphatic rings. The van der Waals surface area contributed by atoms with Gasteiger partial charge < -0.3 is 9.72 Å². The summed E-state index contributed by atoms with van der Waals surface area (Å²) in [7, 11) is 0. The van der Waals surface area contributed by atoms with E-state index >= 15 is 0 Å². The highest BCUT2D eigenvalue weighted by Crippen LogP contribution is 2.09. The van der Waals surface area contributed by atoms with E-state index in [9.17, 15) is 4.79 Å². The molecular weight excluding hydrogens is 276 g/mol. The van der Waals surface area contributed by atoms with Crippen LogP contribution in [0, 0.1) is 0 Å². The van der Waals surface area contributed by atoms with E-state index < -0.39 is 0 Å². The second kappa shape index (κ2) is 8.95. The van der Waals surface area contributed by atoms with Gasteiger partial charge in [0.05, 0.1) is 0 Å². The van der Waals surface area contributed by atoms with E-state index in [2.05, 4.69) is 22.1 Å². The van der Waals surface area contributed by atoms with Gasteiger partial charge >= 0.3 is 0 Å². The summed E-state index contributed by atoms with van der Waals surface area (Å²) in [5.74, 6) is 1.09. The summed E-state index contributed by atoms with van der Waals surface area (Å²) in [6.45, 7) is 3.31. The smallest absolute Gasteiger partial charge is 0.155 e. The zero-order valence-electron chi connectivity index (χ0n) is 12.9. The molecule has 0 atom stereocenters. The van der Waals surface area contributed by atoms with Crippen LogP contribution in [0.3, 0.4) is 0 Å². The van der Waals surface area contributed by atoms with Crippen LogP contribution in [0.25, 0.3) is 6.08 Å². The first-order valence-corrected chi connectivity index (χ1v) is 7.64. The number of hydrogen-bond acceptors (Lipinski definition) is 3. The van der Waals surface area contributed by atoms with Gasteiger partial charge in [-0.2, -0.15) is 0 Å². The van der Waals surface area contributed by atoms with E-state index in [1.54, 1.807) is 12.3 Å². The molecule has 0 aliphatic heterocycles. The number of ether oxygens (including phenoxy) is 1. The third-order valence-corrected chi connectivity index (χ3v) is 3.28. The Kier molecular flexibility index (Phi) is 6.58. The van der Waals surface area contributed by atoms with Gasteiger partial charge in [-0.15, -0.1) is 0 Å². The number of ketones is 1. The number of aromatic nitrogens is 2. The van der Waals surface area contributed by atoms with Crippen molar-refractivity contribution in [2.24, 2.45) is 0 Å². The molecule has 22 heavy (non-hydrogen) atoms. The molecule has 4 heteroatoms. The van der Waals surface area contributed by atoms with Gasteiger partial charge in [-0.25, -0.2) is 4.98 Å². The molecule has 0 unspecified atom stereocenters. The van der Waals surface area contributed by atoms with Crippen molar-refractivity contribution < 1.29 is 9.53 Å². The fraction of sp³-hybridized carbons (Fsp3) is 0.333. The molecule has 2 aromatic rings. The van der Waals surface area contributed by atoms with Crippen molar-refractivity contribution in [2.75, 3.05) is 13.2 Å². The van der Waals surface area contributed by atoms with Crippen molar-refractivity contribution in [3.05, 3.63) is 59.7 Å². The highest BCUT2D eigenvalue weighted by atomic mass is 16.5. The number of carbonyl (C=O) groups excluding carboxylic acids is 1. The van der Waals surface area contributed by atoms with Crippen molar-refractivity contribution in [2.45, 2.75) is 26.2 Å². The lowest BCUT2D eigenvalue weighted by molar-refractivity contribution is -0.114. The van der Waals surface area contributed by atoms with Crippen LogP contribution in [-0.4, -0.2) is 29.0 Å². The predicted octanol–water partition coefficient (Wildman–Crippen LogP) is 3.40. The summed E-state index contributed by atoms with van der Waals surface area (Å²) in [4.78, 5) is 19.0. The van der Waals surface area contributed by atoms with E-state index in [4.69, 9.17) is 4.74 Å². The van der Waals surface area contributed by atoms with Gasteiger partial charge in [0.2, 0.25) is 0 Å². The third-order valence-electron chi connectivity index (χ3n) is 3.28. The summed E-state index contributed by atoms with van der Waals surface area (Å²) in [6, 6.07) is 8.15. The van der Waals surface area contributed by atoms with Gasteiger partial charge in [-0.1, -0.05) is 30.3 Å². The molecule has 0 bridgehead atoms. The Morgan fingerprint density at radius 3 is 2.82 bits per heavy atom. The van der Waals surface area contributed by atoms with Gasteiger partial charge in [0.15, 0.2) is 5.78 Å². The number of imidazole rings is 1. The van der Waals surface area contributed by atoms with Crippen molar-refractivity contribution in [1.29, 1.82) is 0 Å². The number of H-pyrrole nitrogens is 1. The number of rotatable bonds is 9. The Morgan fingerprint density at radius 2 is 2.14 bits per heavy atom. The second-order valence-corrected chi connectivity index (χ2v) is 5.05. The number of allylic oxidation sites excluding steroid dienone is 1. The van der Waals surface area contributed by atoms with Crippen molar-refractivity contribution in [3.8, 4) is 0 Å². The Labute approximate surface area is 131 Å². The van der Waals surface area contributed by atoms with Gasteiger partial charge in [0.25, 0.3) is 0 Å². The lowest BCUT2D eigenvalue weighted by Crippen LogP contribution is -1.98. The zero-order chi connectivity index (χ0) is 15.6. The molecule has 0 saturated heterocycles. The molecule has 4 nitrogen and oxygen atoms in total. The number of nitrogens with one attached hydrogen (secondary N) is 1. The second-order valence-electron chi connectivity index (χ2n) is 5.05. The van der Waals surface area contributed by atoms with Crippen LogP contribution in [0.1, 0.15) is 36.7 Å². The van der Waals surface area contributed by atoms with Crippen molar-refractivity contribution in [3.63, 3.8) is 0 Å². The largest absolute Gasteiger partial charge is 0.382 e. The average Bonchev–Trinajstić information content (AvgIpc) is 3.04. The van der Waals surface area contributed by atoms with E-state index in [1.165, 1.54) is 5.56 Å². The van der Waals surface area contributed by atoms with Crippen LogP contribution in [-0.2, 0) is 16.0 Å². The first kappa shape index (κ1) is 16.2. The van der Waals surface area contributed by atoms with E-state index in [1.807, 2.05) is 31.3 Å². The molecule has 116 valence electrons. The van der Waals surface area contributed by atoms with E-state index in [0.717, 1.165) is 24.2 Å². The highest BCUT2D eigenvalue weighted by molar-refractivity contribution is 5.93. The summed E-state index contributed by atoms with van der Waals surface area (Å²) in [6.07, 6.45) is 9.18. The minimum Gasteiger partial charge on any atom is -0.382 e. The Bertz CT molecular complexity index is 586. The first-order valence-electron chi connectivity index (χ1n) is 7.64. The number of nitrogens with zero attached hydrogens (tertiary/aromatic N) is 1. The monoisotopic (exact) mass is 298 g/mol. The van der Waals surface area contributed by atoms with Gasteiger partial charge in [0.1, 0.15) is 5.82 Å². The molecule has 1 aromatic carbocycles. The van der Waals surface area contributed by atoms with E-state index in [0.29, 0.717) is 19.6 Å². The molecule has 2 rings (SSSR count). The van der Waals surface area contributed by atoms with Gasteiger partial charge in [-0.05, 0) is 30.5 Å². The number of carbonyl (C=O) groups is 1. The number of hydrogen-bond donors (Lipinski definition) is 1. The maximum Gasteiger partial charge on any atom is 0.155 e. The number of benzene rings is 1. The molecule has 0 saturated carbocycles. The molecular formula is C18H22N2O2. The molecule has 1 aromatic heterocycles. The van der Waals surface area contributed by atoms with Crippen molar-refractivity contribution in [1.82, 2.24) is 9.97 Å². The van der Waals surface area contributed by atoms with Crippen LogP contribution >= 0.6 is 0 Å². The molecule has 0 amide bonds. The predicted molar refractivity (Wildman–Crippen MR) is 87.6 cm³/mol. The van der Waals surface area contributed by atoms with Crippen LogP contribution in [0.5, 0.6) is 0 Å². The zero-order valence-corrected chi connectivity index (χ0v) is 12.9. The maximum atomic E-state index is 11.7. The Hall–Kier alpha value is -2.20. The fourth-order valence-electron chi connectivity index (χ4n) is 2.10. The highest BCUT2D eigenvalue weighted by Gasteiger charge is 1.99. The molecule has 0 fully saturated rings. The van der Waals surface area contributed by atoms with Crippen LogP contribution in [0.15, 0.2) is 42.7 Å². The van der Waals surface area contributed by atoms with Crippen molar-refractivity contribution >= 4 is 11.9 Å². The number of aromatic amines is 1. The summed E-state index contributed by atoms with van der Waals surface area (Å²) >= 11 is 0. The Balaban J connectivity index is 1.80. The quantitative estimate of drug-likeness (QED) is 0.570. The standard InChI is InChI=1S/C18H22N2O2/c1-2-22-13-3-4-17(21)10-9-15-5-7-16(8-6-15)14-18-19-11-12-20-18/h5-12H,2-4,13-14H2,1H3,(H,19,20). The van der Waals surface area contributed by atoms with Crippen LogP contribution in [0.2, 0.25) is 0 Å². The third kappa shape index (κ3) is 5.66.